The summed E-state index contributed by atoms with van der Waals surface area (Å²) in [6.07, 6.45) is 3.97. The SMILES string of the molecule is CC1=CC(O)(C(=O)[C@H](N)CCCN=C(N)N)CC(C)=C1C[C@H](N)C(=O)N[C@@H](CCCCN)C(=O)N[C@@H](Cc1ccccc1)C(N)=O. The van der Waals surface area contributed by atoms with Gasteiger partial charge in [-0.2, -0.15) is 0 Å². The van der Waals surface area contributed by atoms with E-state index >= 15 is 0 Å². The highest BCUT2D eigenvalue weighted by Crippen LogP contribution is 2.35. The molecule has 1 aliphatic carbocycles. The molecule has 14 heteroatoms. The Kier molecular flexibility index (Phi) is 15.0. The third-order valence-electron chi connectivity index (χ3n) is 8.00. The average molecular weight is 642 g/mol. The van der Waals surface area contributed by atoms with E-state index in [-0.39, 0.29) is 38.1 Å². The van der Waals surface area contributed by atoms with E-state index in [0.29, 0.717) is 43.5 Å². The number of carbonyl (C=O) groups excluding carboxylic acids is 4. The number of allylic oxidation sites excluding steroid dienone is 1. The van der Waals surface area contributed by atoms with Crippen molar-refractivity contribution in [3.8, 4) is 0 Å². The molecule has 1 aliphatic rings. The van der Waals surface area contributed by atoms with E-state index in [9.17, 15) is 24.3 Å². The lowest BCUT2D eigenvalue weighted by molar-refractivity contribution is -0.134. The maximum absolute atomic E-state index is 13.3. The van der Waals surface area contributed by atoms with Gasteiger partial charge in [-0.1, -0.05) is 35.9 Å². The molecule has 1 unspecified atom stereocenters. The number of rotatable bonds is 19. The van der Waals surface area contributed by atoms with Crippen LogP contribution in [0.2, 0.25) is 0 Å². The third kappa shape index (κ3) is 11.7. The molecule has 1 aromatic carbocycles. The Morgan fingerprint density at radius 1 is 0.891 bits per heavy atom. The first-order valence-electron chi connectivity index (χ1n) is 15.5. The highest BCUT2D eigenvalue weighted by Gasteiger charge is 2.40. The van der Waals surface area contributed by atoms with E-state index in [4.69, 9.17) is 34.4 Å². The zero-order valence-corrected chi connectivity index (χ0v) is 26.8. The number of amides is 3. The van der Waals surface area contributed by atoms with Crippen LogP contribution in [0.15, 0.2) is 58.1 Å². The number of guanidine groups is 1. The van der Waals surface area contributed by atoms with Gasteiger partial charge in [-0.15, -0.1) is 0 Å². The number of nitrogens with two attached hydrogens (primary N) is 6. The van der Waals surface area contributed by atoms with E-state index in [1.807, 2.05) is 30.3 Å². The molecule has 1 aromatic rings. The van der Waals surface area contributed by atoms with E-state index < -0.39 is 53.3 Å². The number of aliphatic imine (C=N–C) groups is 1. The molecule has 46 heavy (non-hydrogen) atoms. The second-order valence-corrected chi connectivity index (χ2v) is 11.9. The van der Waals surface area contributed by atoms with Crippen molar-refractivity contribution < 1.29 is 24.3 Å². The Bertz CT molecular complexity index is 1310. The second-order valence-electron chi connectivity index (χ2n) is 11.9. The molecule has 5 atom stereocenters. The Balaban J connectivity index is 2.09. The molecule has 3 amide bonds. The van der Waals surface area contributed by atoms with Crippen LogP contribution in [0.25, 0.3) is 0 Å². The Morgan fingerprint density at radius 3 is 2.13 bits per heavy atom. The highest BCUT2D eigenvalue weighted by atomic mass is 16.3. The number of hydrogen-bond donors (Lipinski definition) is 9. The number of Topliss-reactive ketones (excluding diaryl/α,β-unsaturated/α-hetero) is 1. The molecule has 0 heterocycles. The van der Waals surface area contributed by atoms with Gasteiger partial charge in [0.2, 0.25) is 17.7 Å². The number of unbranched alkanes of at least 4 members (excludes halogenated alkanes) is 1. The zero-order valence-electron chi connectivity index (χ0n) is 26.8. The molecular weight excluding hydrogens is 590 g/mol. The number of nitrogens with zero attached hydrogens (tertiary/aromatic N) is 1. The maximum atomic E-state index is 13.3. The first-order valence-corrected chi connectivity index (χ1v) is 15.5. The quantitative estimate of drug-likeness (QED) is 0.0498. The van der Waals surface area contributed by atoms with Gasteiger partial charge in [0.25, 0.3) is 0 Å². The van der Waals surface area contributed by atoms with Crippen LogP contribution in [0.4, 0.5) is 0 Å². The normalized spacial score (nSPS) is 18.9. The summed E-state index contributed by atoms with van der Waals surface area (Å²) in [5.74, 6) is -2.40. The fraction of sp³-hybridized carbons (Fsp3) is 0.531. The van der Waals surface area contributed by atoms with Gasteiger partial charge >= 0.3 is 0 Å². The molecule has 0 saturated carbocycles. The number of carbonyl (C=O) groups is 4. The van der Waals surface area contributed by atoms with Gasteiger partial charge in [0.1, 0.15) is 17.7 Å². The summed E-state index contributed by atoms with van der Waals surface area (Å²) >= 11 is 0. The van der Waals surface area contributed by atoms with Crippen LogP contribution in [0.3, 0.4) is 0 Å². The second kappa shape index (κ2) is 18.1. The van der Waals surface area contributed by atoms with Crippen molar-refractivity contribution in [1.29, 1.82) is 0 Å². The summed E-state index contributed by atoms with van der Waals surface area (Å²) in [6, 6.07) is 5.20. The Morgan fingerprint density at radius 2 is 1.54 bits per heavy atom. The van der Waals surface area contributed by atoms with E-state index in [1.165, 1.54) is 6.08 Å². The van der Waals surface area contributed by atoms with Crippen LogP contribution < -0.4 is 45.0 Å². The van der Waals surface area contributed by atoms with Crippen molar-refractivity contribution >= 4 is 29.5 Å². The minimum Gasteiger partial charge on any atom is -0.377 e. The molecule has 0 saturated heterocycles. The van der Waals surface area contributed by atoms with Crippen LogP contribution in [-0.4, -0.2) is 77.4 Å². The standard InChI is InChI=1S/C32H51N9O5/c1-19-17-32(46,27(42)23(34)11-8-14-39-31(37)38)18-20(2)22(19)16-24(35)29(44)40-25(12-6-7-13-33)30(45)41-26(28(36)43)15-21-9-4-3-5-10-21/h3-5,9-10,17,23-26,46H,6-8,11-16,18,33-35H2,1-2H3,(H2,36,43)(H,40,44)(H,41,45)(H4,37,38,39)/t23-,24+,25+,26+,32?/m1/s1. The lowest BCUT2D eigenvalue weighted by Crippen LogP contribution is -2.55. The molecule has 0 fully saturated rings. The first-order chi connectivity index (χ1) is 21.7. The number of ketones is 1. The Hall–Kier alpha value is -4.11. The molecule has 0 radical (unpaired) electrons. The van der Waals surface area contributed by atoms with Crippen LogP contribution in [0, 0.1) is 0 Å². The number of hydrogen-bond acceptors (Lipinski definition) is 9. The fourth-order valence-corrected chi connectivity index (χ4v) is 5.51. The predicted molar refractivity (Wildman–Crippen MR) is 178 cm³/mol. The van der Waals surface area contributed by atoms with Crippen molar-refractivity contribution in [1.82, 2.24) is 10.6 Å². The van der Waals surface area contributed by atoms with Crippen molar-refractivity contribution in [2.75, 3.05) is 13.1 Å². The van der Waals surface area contributed by atoms with Gasteiger partial charge in [-0.25, -0.2) is 0 Å². The monoisotopic (exact) mass is 641 g/mol. The number of nitrogens with one attached hydrogen (secondary N) is 2. The lowest BCUT2D eigenvalue weighted by Gasteiger charge is -2.33. The molecule has 14 nitrogen and oxygen atoms in total. The number of benzene rings is 1. The lowest BCUT2D eigenvalue weighted by atomic mass is 9.76. The molecule has 2 rings (SSSR count). The minimum absolute atomic E-state index is 0.00547. The fourth-order valence-electron chi connectivity index (χ4n) is 5.51. The topological polar surface area (TPSA) is 281 Å². The maximum Gasteiger partial charge on any atom is 0.243 e. The average Bonchev–Trinajstić information content (AvgIpc) is 2.99. The van der Waals surface area contributed by atoms with Crippen LogP contribution >= 0.6 is 0 Å². The summed E-state index contributed by atoms with van der Waals surface area (Å²) in [4.78, 5) is 55.7. The van der Waals surface area contributed by atoms with Crippen LogP contribution in [0.1, 0.15) is 64.4 Å². The molecule has 15 N–H and O–H groups in total. The number of primary amides is 1. The molecular formula is C32H51N9O5. The van der Waals surface area contributed by atoms with Gasteiger partial charge in [0.05, 0.1) is 12.1 Å². The highest BCUT2D eigenvalue weighted by molar-refractivity contribution is 5.95. The summed E-state index contributed by atoms with van der Waals surface area (Å²) in [5, 5.41) is 16.6. The Labute approximate surface area is 270 Å². The molecule has 254 valence electrons. The van der Waals surface area contributed by atoms with Crippen LogP contribution in [0.5, 0.6) is 0 Å². The molecule has 0 aromatic heterocycles. The van der Waals surface area contributed by atoms with E-state index in [0.717, 1.165) is 11.1 Å². The van der Waals surface area contributed by atoms with Crippen molar-refractivity contribution in [2.24, 2.45) is 39.4 Å². The predicted octanol–water partition coefficient (Wildman–Crippen LogP) is -1.12. The summed E-state index contributed by atoms with van der Waals surface area (Å²) in [5.41, 5.74) is 35.3. The van der Waals surface area contributed by atoms with Gasteiger partial charge < -0.3 is 50.1 Å². The number of aliphatic hydroxyl groups is 1. The van der Waals surface area contributed by atoms with E-state index in [2.05, 4.69) is 15.6 Å². The van der Waals surface area contributed by atoms with Gasteiger partial charge in [-0.05, 0) is 81.7 Å². The van der Waals surface area contributed by atoms with Gasteiger partial charge in [-0.3, -0.25) is 24.2 Å². The third-order valence-corrected chi connectivity index (χ3v) is 8.00. The van der Waals surface area contributed by atoms with E-state index in [1.54, 1.807) is 13.8 Å². The summed E-state index contributed by atoms with van der Waals surface area (Å²) < 4.78 is 0. The summed E-state index contributed by atoms with van der Waals surface area (Å²) in [6.45, 7) is 4.22. The molecule has 0 spiro atoms. The zero-order chi connectivity index (χ0) is 34.4. The van der Waals surface area contributed by atoms with Crippen molar-refractivity contribution in [3.63, 3.8) is 0 Å². The minimum atomic E-state index is -1.80. The van der Waals surface area contributed by atoms with Gasteiger partial charge in [0, 0.05) is 19.4 Å². The molecule has 0 bridgehead atoms. The molecule has 0 aliphatic heterocycles. The first kappa shape index (κ1) is 38.1. The van der Waals surface area contributed by atoms with Crippen LogP contribution in [-0.2, 0) is 25.6 Å². The smallest absolute Gasteiger partial charge is 0.243 e. The largest absolute Gasteiger partial charge is 0.377 e. The van der Waals surface area contributed by atoms with Crippen molar-refractivity contribution in [3.05, 3.63) is 58.7 Å². The van der Waals surface area contributed by atoms with Gasteiger partial charge in [0.15, 0.2) is 11.7 Å². The summed E-state index contributed by atoms with van der Waals surface area (Å²) in [7, 11) is 0. The van der Waals surface area contributed by atoms with Crippen molar-refractivity contribution in [2.45, 2.75) is 95.0 Å².